The predicted molar refractivity (Wildman–Crippen MR) is 62.1 cm³/mol. The van der Waals surface area contributed by atoms with Crippen molar-refractivity contribution in [3.63, 3.8) is 0 Å². The van der Waals surface area contributed by atoms with Crippen LogP contribution in [0.3, 0.4) is 0 Å². The van der Waals surface area contributed by atoms with Crippen LogP contribution in [0.1, 0.15) is 26.2 Å². The molecule has 0 amide bonds. The first-order valence-corrected chi connectivity index (χ1v) is 6.40. The van der Waals surface area contributed by atoms with E-state index in [-0.39, 0.29) is 29.1 Å². The third kappa shape index (κ3) is 1.23. The number of carbonyl (C=O) groups excluding carboxylic acids is 2. The van der Waals surface area contributed by atoms with Gasteiger partial charge in [0.15, 0.2) is 0 Å². The first-order chi connectivity index (χ1) is 8.10. The Morgan fingerprint density at radius 2 is 2.24 bits per heavy atom. The maximum atomic E-state index is 12.0. The molecule has 3 heteroatoms. The minimum Gasteiger partial charge on any atom is -0.465 e. The molecule has 0 aromatic carbocycles. The normalized spacial score (nSPS) is 47.8. The molecular weight excluding hydrogens is 216 g/mol. The van der Waals surface area contributed by atoms with E-state index < -0.39 is 0 Å². The van der Waals surface area contributed by atoms with Crippen LogP contribution in [-0.4, -0.2) is 18.4 Å². The van der Waals surface area contributed by atoms with Crippen molar-refractivity contribution in [1.29, 1.82) is 0 Å². The second-order valence-electron chi connectivity index (χ2n) is 5.84. The number of Topliss-reactive ketones (excluding diaryl/α,β-unsaturated/α-hetero) is 1. The summed E-state index contributed by atoms with van der Waals surface area (Å²) in [7, 11) is 0. The fourth-order valence-corrected chi connectivity index (χ4v) is 4.49. The summed E-state index contributed by atoms with van der Waals surface area (Å²) in [4.78, 5) is 23.7. The molecule has 1 aliphatic heterocycles. The van der Waals surface area contributed by atoms with E-state index in [2.05, 4.69) is 6.58 Å². The smallest absolute Gasteiger partial charge is 0.309 e. The highest BCUT2D eigenvalue weighted by Gasteiger charge is 2.65. The average molecular weight is 234 g/mol. The van der Waals surface area contributed by atoms with E-state index in [1.165, 1.54) is 0 Å². The van der Waals surface area contributed by atoms with E-state index in [4.69, 9.17) is 4.74 Å². The summed E-state index contributed by atoms with van der Waals surface area (Å²) in [6.07, 6.45) is 4.20. The molecule has 3 rings (SSSR count). The summed E-state index contributed by atoms with van der Waals surface area (Å²) in [5.41, 5.74) is -0.0327. The van der Waals surface area contributed by atoms with Crippen molar-refractivity contribution in [3.05, 3.63) is 12.7 Å². The Kier molecular flexibility index (Phi) is 2.22. The van der Waals surface area contributed by atoms with Gasteiger partial charge in [-0.1, -0.05) is 13.0 Å². The molecule has 1 heterocycles. The van der Waals surface area contributed by atoms with E-state index in [1.807, 2.05) is 13.0 Å². The lowest BCUT2D eigenvalue weighted by Gasteiger charge is -2.33. The zero-order valence-corrected chi connectivity index (χ0v) is 10.1. The first-order valence-electron chi connectivity index (χ1n) is 6.40. The monoisotopic (exact) mass is 234 g/mol. The quantitative estimate of drug-likeness (QED) is 0.542. The molecule has 0 unspecified atom stereocenters. The largest absolute Gasteiger partial charge is 0.465 e. The molecule has 3 aliphatic rings. The number of cyclic esters (lactones) is 1. The van der Waals surface area contributed by atoms with Crippen LogP contribution in [0.25, 0.3) is 0 Å². The Hall–Kier alpha value is -1.12. The van der Waals surface area contributed by atoms with Crippen molar-refractivity contribution < 1.29 is 14.3 Å². The van der Waals surface area contributed by atoms with E-state index >= 15 is 0 Å². The van der Waals surface area contributed by atoms with Gasteiger partial charge in [0, 0.05) is 18.3 Å². The van der Waals surface area contributed by atoms with Crippen LogP contribution < -0.4 is 0 Å². The van der Waals surface area contributed by atoms with Crippen LogP contribution in [0.15, 0.2) is 12.7 Å². The lowest BCUT2D eigenvalue weighted by atomic mass is 9.70. The number of carbonyl (C=O) groups is 2. The molecule has 0 N–H and O–H groups in total. The minimum absolute atomic E-state index is 0.0327. The molecule has 1 saturated heterocycles. The van der Waals surface area contributed by atoms with E-state index in [9.17, 15) is 9.59 Å². The maximum Gasteiger partial charge on any atom is 0.309 e. The number of ether oxygens (including phenoxy) is 1. The standard InChI is InChI=1S/C14H18O3/c1-3-4-14-6-12(15)8(2)10(14)5-9-11(14)7-17-13(9)16/h3,8-11H,1,4-7H2,2H3/t8-,9+,10-,11+,14+/m1/s1. The molecule has 0 aromatic heterocycles. The van der Waals surface area contributed by atoms with Gasteiger partial charge < -0.3 is 4.74 Å². The first kappa shape index (κ1) is 11.0. The SMILES string of the molecule is C=CC[C@]12CC(=O)[C@H](C)[C@H]1C[C@@H]1C(=O)OC[C@@H]12. The average Bonchev–Trinajstić information content (AvgIpc) is 2.85. The number of allylic oxidation sites excluding steroid dienone is 1. The Morgan fingerprint density at radius 3 is 2.94 bits per heavy atom. The molecule has 17 heavy (non-hydrogen) atoms. The van der Waals surface area contributed by atoms with E-state index in [0.717, 1.165) is 12.8 Å². The van der Waals surface area contributed by atoms with Gasteiger partial charge in [-0.15, -0.1) is 6.58 Å². The van der Waals surface area contributed by atoms with Gasteiger partial charge in [-0.25, -0.2) is 0 Å². The molecule has 0 aromatic rings. The van der Waals surface area contributed by atoms with Crippen molar-refractivity contribution in [1.82, 2.24) is 0 Å². The summed E-state index contributed by atoms with van der Waals surface area (Å²) in [6, 6.07) is 0. The third-order valence-corrected chi connectivity index (χ3v) is 5.32. The topological polar surface area (TPSA) is 43.4 Å². The number of ketones is 1. The van der Waals surface area contributed by atoms with Crippen LogP contribution in [0, 0.1) is 29.1 Å². The number of fused-ring (bicyclic) bond motifs is 3. The zero-order chi connectivity index (χ0) is 12.2. The van der Waals surface area contributed by atoms with Crippen LogP contribution in [-0.2, 0) is 14.3 Å². The Labute approximate surface area is 101 Å². The molecule has 0 spiro atoms. The van der Waals surface area contributed by atoms with Gasteiger partial charge in [0.1, 0.15) is 5.78 Å². The summed E-state index contributed by atoms with van der Waals surface area (Å²) in [5.74, 6) is 1.05. The molecule has 2 aliphatic carbocycles. The second-order valence-corrected chi connectivity index (χ2v) is 5.84. The highest BCUT2D eigenvalue weighted by molar-refractivity contribution is 5.86. The zero-order valence-electron chi connectivity index (χ0n) is 10.1. The minimum atomic E-state index is -0.0486. The number of rotatable bonds is 2. The lowest BCUT2D eigenvalue weighted by Crippen LogP contribution is -2.30. The van der Waals surface area contributed by atoms with Gasteiger partial charge in [0.25, 0.3) is 0 Å². The molecule has 2 saturated carbocycles. The predicted octanol–water partition coefficient (Wildman–Crippen LogP) is 1.97. The van der Waals surface area contributed by atoms with Gasteiger partial charge in [0.2, 0.25) is 0 Å². The van der Waals surface area contributed by atoms with Crippen molar-refractivity contribution in [2.24, 2.45) is 29.1 Å². The second kappa shape index (κ2) is 3.44. The number of esters is 1. The highest BCUT2D eigenvalue weighted by atomic mass is 16.5. The fourth-order valence-electron chi connectivity index (χ4n) is 4.49. The van der Waals surface area contributed by atoms with Gasteiger partial charge in [-0.3, -0.25) is 9.59 Å². The van der Waals surface area contributed by atoms with Crippen molar-refractivity contribution >= 4 is 11.8 Å². The van der Waals surface area contributed by atoms with Gasteiger partial charge in [0.05, 0.1) is 12.5 Å². The summed E-state index contributed by atoms with van der Waals surface area (Å²) in [5, 5.41) is 0. The maximum absolute atomic E-state index is 12.0. The van der Waals surface area contributed by atoms with Crippen molar-refractivity contribution in [2.75, 3.05) is 6.61 Å². The number of hydrogen-bond donors (Lipinski definition) is 0. The highest BCUT2D eigenvalue weighted by Crippen LogP contribution is 2.64. The van der Waals surface area contributed by atoms with Crippen molar-refractivity contribution in [3.8, 4) is 0 Å². The van der Waals surface area contributed by atoms with Gasteiger partial charge in [-0.05, 0) is 24.2 Å². The van der Waals surface area contributed by atoms with Crippen LogP contribution in [0.2, 0.25) is 0 Å². The lowest BCUT2D eigenvalue weighted by molar-refractivity contribution is -0.141. The van der Waals surface area contributed by atoms with E-state index in [1.54, 1.807) is 0 Å². The summed E-state index contributed by atoms with van der Waals surface area (Å²) < 4.78 is 5.19. The molecular formula is C14H18O3. The Morgan fingerprint density at radius 1 is 1.47 bits per heavy atom. The third-order valence-electron chi connectivity index (χ3n) is 5.32. The van der Waals surface area contributed by atoms with Crippen LogP contribution in [0.4, 0.5) is 0 Å². The summed E-state index contributed by atoms with van der Waals surface area (Å²) in [6.45, 7) is 6.35. The molecule has 3 fully saturated rings. The molecule has 5 atom stereocenters. The Balaban J connectivity index is 2.01. The molecule has 92 valence electrons. The van der Waals surface area contributed by atoms with Gasteiger partial charge in [-0.2, -0.15) is 0 Å². The number of hydrogen-bond acceptors (Lipinski definition) is 3. The van der Waals surface area contributed by atoms with Crippen molar-refractivity contribution in [2.45, 2.75) is 26.2 Å². The van der Waals surface area contributed by atoms with Gasteiger partial charge >= 0.3 is 5.97 Å². The molecule has 0 radical (unpaired) electrons. The molecule has 0 bridgehead atoms. The van der Waals surface area contributed by atoms with E-state index in [0.29, 0.717) is 24.7 Å². The summed E-state index contributed by atoms with van der Waals surface area (Å²) >= 11 is 0. The Bertz CT molecular complexity index is 396. The molecule has 3 nitrogen and oxygen atoms in total. The fraction of sp³-hybridized carbons (Fsp3) is 0.714. The van der Waals surface area contributed by atoms with Crippen LogP contribution >= 0.6 is 0 Å². The van der Waals surface area contributed by atoms with Crippen LogP contribution in [0.5, 0.6) is 0 Å².